The highest BCUT2D eigenvalue weighted by Crippen LogP contribution is 2.50. The summed E-state index contributed by atoms with van der Waals surface area (Å²) >= 11 is 3.51. The Morgan fingerprint density at radius 2 is 2.04 bits per heavy atom. The van der Waals surface area contributed by atoms with Crippen molar-refractivity contribution in [2.24, 2.45) is 0 Å². The van der Waals surface area contributed by atoms with E-state index in [9.17, 15) is 4.79 Å². The zero-order valence-corrected chi connectivity index (χ0v) is 16.8. The van der Waals surface area contributed by atoms with Crippen LogP contribution in [0.3, 0.4) is 0 Å². The molecule has 0 spiro atoms. The molecule has 4 rings (SSSR count). The second-order valence-corrected chi connectivity index (χ2v) is 8.03. The van der Waals surface area contributed by atoms with Gasteiger partial charge >= 0.3 is 6.03 Å². The quantitative estimate of drug-likeness (QED) is 0.761. The lowest BCUT2D eigenvalue weighted by molar-refractivity contribution is 0.0349. The molecule has 2 aromatic carbocycles. The number of amides is 2. The van der Waals surface area contributed by atoms with E-state index >= 15 is 0 Å². The maximum Gasteiger partial charge on any atom is 0.325 e. The summed E-state index contributed by atoms with van der Waals surface area (Å²) < 4.78 is 12.8. The Kier molecular flexibility index (Phi) is 3.91. The summed E-state index contributed by atoms with van der Waals surface area (Å²) in [7, 11) is 1.62. The van der Waals surface area contributed by atoms with Crippen molar-refractivity contribution >= 4 is 27.6 Å². The molecule has 2 aliphatic heterocycles. The van der Waals surface area contributed by atoms with Crippen molar-refractivity contribution in [3.63, 3.8) is 0 Å². The van der Waals surface area contributed by atoms with E-state index in [1.807, 2.05) is 44.2 Å². The Morgan fingerprint density at radius 1 is 1.27 bits per heavy atom. The number of fused-ring (bicyclic) bond motifs is 4. The van der Waals surface area contributed by atoms with Crippen LogP contribution in [0.15, 0.2) is 34.8 Å². The monoisotopic (exact) mass is 416 g/mol. The number of methoxy groups -OCH3 is 1. The standard InChI is InChI=1S/C20H21BrN2O3/c1-11-5-6-14(7-12(11)2)23-19(24)22-16-10-20(23,3)26-18-15(16)8-13(21)9-17(18)25-4/h5-9,16H,10H2,1-4H3,(H,22,24). The summed E-state index contributed by atoms with van der Waals surface area (Å²) in [6.45, 7) is 6.06. The molecule has 5 nitrogen and oxygen atoms in total. The van der Waals surface area contributed by atoms with E-state index in [0.29, 0.717) is 17.9 Å². The van der Waals surface area contributed by atoms with Crippen molar-refractivity contribution in [2.75, 3.05) is 12.0 Å². The van der Waals surface area contributed by atoms with E-state index < -0.39 is 5.72 Å². The Bertz CT molecular complexity index is 914. The molecule has 2 atom stereocenters. The first-order chi connectivity index (χ1) is 12.3. The molecule has 1 saturated heterocycles. The predicted molar refractivity (Wildman–Crippen MR) is 104 cm³/mol. The first kappa shape index (κ1) is 17.2. The van der Waals surface area contributed by atoms with Crippen molar-refractivity contribution in [1.29, 1.82) is 0 Å². The van der Waals surface area contributed by atoms with E-state index in [4.69, 9.17) is 9.47 Å². The smallest absolute Gasteiger partial charge is 0.325 e. The number of halogens is 1. The molecular weight excluding hydrogens is 396 g/mol. The first-order valence-corrected chi connectivity index (χ1v) is 9.36. The third-order valence-corrected chi connectivity index (χ3v) is 5.73. The van der Waals surface area contributed by atoms with E-state index in [1.54, 1.807) is 12.0 Å². The molecule has 6 heteroatoms. The van der Waals surface area contributed by atoms with Gasteiger partial charge in [0.1, 0.15) is 0 Å². The molecule has 1 fully saturated rings. The minimum absolute atomic E-state index is 0.120. The summed E-state index contributed by atoms with van der Waals surface area (Å²) in [4.78, 5) is 14.7. The molecule has 26 heavy (non-hydrogen) atoms. The molecule has 0 radical (unpaired) electrons. The van der Waals surface area contributed by atoms with Crippen LogP contribution in [-0.2, 0) is 0 Å². The minimum atomic E-state index is -0.789. The van der Waals surface area contributed by atoms with Gasteiger partial charge < -0.3 is 14.8 Å². The molecule has 0 saturated carbocycles. The third-order valence-electron chi connectivity index (χ3n) is 5.27. The summed E-state index contributed by atoms with van der Waals surface area (Å²) in [5, 5.41) is 3.12. The number of carbonyl (C=O) groups is 1. The number of rotatable bonds is 2. The lowest BCUT2D eigenvalue weighted by Crippen LogP contribution is -2.65. The highest BCUT2D eigenvalue weighted by atomic mass is 79.9. The van der Waals surface area contributed by atoms with E-state index in [0.717, 1.165) is 21.3 Å². The van der Waals surface area contributed by atoms with Crippen LogP contribution in [0.2, 0.25) is 0 Å². The zero-order valence-electron chi connectivity index (χ0n) is 15.2. The van der Waals surface area contributed by atoms with Crippen molar-refractivity contribution in [2.45, 2.75) is 39.0 Å². The molecule has 2 amide bonds. The zero-order chi connectivity index (χ0) is 18.6. The van der Waals surface area contributed by atoms with Crippen LogP contribution >= 0.6 is 15.9 Å². The fraction of sp³-hybridized carbons (Fsp3) is 0.350. The van der Waals surface area contributed by atoms with Crippen molar-refractivity contribution in [3.05, 3.63) is 51.5 Å². The van der Waals surface area contributed by atoms with Gasteiger partial charge in [0.05, 0.1) is 13.2 Å². The number of nitrogens with zero attached hydrogens (tertiary/aromatic N) is 1. The van der Waals surface area contributed by atoms with Crippen molar-refractivity contribution in [3.8, 4) is 11.5 Å². The van der Waals surface area contributed by atoms with Gasteiger partial charge in [-0.2, -0.15) is 0 Å². The van der Waals surface area contributed by atoms with Gasteiger partial charge in [0, 0.05) is 22.1 Å². The van der Waals surface area contributed by atoms with E-state index in [2.05, 4.69) is 28.2 Å². The number of anilines is 1. The van der Waals surface area contributed by atoms with Crippen LogP contribution in [0.25, 0.3) is 0 Å². The molecule has 2 unspecified atom stereocenters. The molecule has 0 aromatic heterocycles. The predicted octanol–water partition coefficient (Wildman–Crippen LogP) is 4.84. The Morgan fingerprint density at radius 3 is 2.73 bits per heavy atom. The number of urea groups is 1. The molecule has 1 N–H and O–H groups in total. The van der Waals surface area contributed by atoms with Gasteiger partial charge in [-0.25, -0.2) is 4.79 Å². The topological polar surface area (TPSA) is 50.8 Å². The average Bonchev–Trinajstić information content (AvgIpc) is 2.57. The van der Waals surface area contributed by atoms with Crippen LogP contribution in [0, 0.1) is 13.8 Å². The fourth-order valence-corrected chi connectivity index (χ4v) is 4.26. The summed E-state index contributed by atoms with van der Waals surface area (Å²) in [6.07, 6.45) is 0.651. The van der Waals surface area contributed by atoms with Crippen LogP contribution < -0.4 is 19.7 Å². The SMILES string of the molecule is COc1cc(Br)cc2c1OC1(C)CC2NC(=O)N1c1ccc(C)c(C)c1. The van der Waals surface area contributed by atoms with Gasteiger partial charge in [0.25, 0.3) is 0 Å². The molecule has 0 aliphatic carbocycles. The number of ether oxygens (including phenoxy) is 2. The lowest BCUT2D eigenvalue weighted by atomic mass is 9.89. The van der Waals surface area contributed by atoms with E-state index in [1.165, 1.54) is 5.56 Å². The van der Waals surface area contributed by atoms with Gasteiger partial charge in [-0.05, 0) is 56.2 Å². The molecule has 2 heterocycles. The third kappa shape index (κ3) is 2.55. The number of benzene rings is 2. The number of aryl methyl sites for hydroxylation is 2. The summed E-state index contributed by atoms with van der Waals surface area (Å²) in [6, 6.07) is 9.60. The Balaban J connectivity index is 1.83. The minimum Gasteiger partial charge on any atom is -0.493 e. The van der Waals surface area contributed by atoms with Gasteiger partial charge in [0.15, 0.2) is 17.2 Å². The molecule has 2 aliphatic rings. The Hall–Kier alpha value is -2.21. The van der Waals surface area contributed by atoms with Crippen molar-refractivity contribution in [1.82, 2.24) is 5.32 Å². The highest BCUT2D eigenvalue weighted by Gasteiger charge is 2.50. The number of carbonyl (C=O) groups excluding carboxylic acids is 1. The molecule has 136 valence electrons. The first-order valence-electron chi connectivity index (χ1n) is 8.57. The normalized spacial score (nSPS) is 23.8. The second-order valence-electron chi connectivity index (χ2n) is 7.11. The number of hydrogen-bond acceptors (Lipinski definition) is 3. The van der Waals surface area contributed by atoms with Gasteiger partial charge in [-0.3, -0.25) is 4.90 Å². The van der Waals surface area contributed by atoms with Crippen LogP contribution in [0.1, 0.15) is 36.1 Å². The Labute approximate surface area is 161 Å². The van der Waals surface area contributed by atoms with E-state index in [-0.39, 0.29) is 12.1 Å². The molecular formula is C20H21BrN2O3. The fourth-order valence-electron chi connectivity index (χ4n) is 3.81. The number of hydrogen-bond donors (Lipinski definition) is 1. The summed E-state index contributed by atoms with van der Waals surface area (Å²) in [5.74, 6) is 1.34. The van der Waals surface area contributed by atoms with Crippen LogP contribution in [-0.4, -0.2) is 18.9 Å². The van der Waals surface area contributed by atoms with Gasteiger partial charge in [-0.15, -0.1) is 0 Å². The highest BCUT2D eigenvalue weighted by molar-refractivity contribution is 9.10. The maximum atomic E-state index is 13.0. The second kappa shape index (κ2) is 5.91. The average molecular weight is 417 g/mol. The van der Waals surface area contributed by atoms with Gasteiger partial charge in [-0.1, -0.05) is 22.0 Å². The maximum absolute atomic E-state index is 13.0. The lowest BCUT2D eigenvalue weighted by Gasteiger charge is -2.50. The van der Waals surface area contributed by atoms with Crippen molar-refractivity contribution < 1.29 is 14.3 Å². The summed E-state index contributed by atoms with van der Waals surface area (Å²) in [5.41, 5.74) is 3.30. The molecule has 2 bridgehead atoms. The largest absolute Gasteiger partial charge is 0.493 e. The molecule has 2 aromatic rings. The number of nitrogens with one attached hydrogen (secondary N) is 1. The van der Waals surface area contributed by atoms with Crippen LogP contribution in [0.5, 0.6) is 11.5 Å². The van der Waals surface area contributed by atoms with Crippen LogP contribution in [0.4, 0.5) is 10.5 Å². The van der Waals surface area contributed by atoms with Gasteiger partial charge in [0.2, 0.25) is 0 Å².